The lowest BCUT2D eigenvalue weighted by Crippen LogP contribution is -2.46. The van der Waals surface area contributed by atoms with Gasteiger partial charge in [-0.25, -0.2) is 4.79 Å². The number of halogens is 3. The first-order valence-corrected chi connectivity index (χ1v) is 5.30. The number of aromatic amines is 1. The van der Waals surface area contributed by atoms with Gasteiger partial charge in [-0.1, -0.05) is 5.16 Å². The monoisotopic (exact) mass is 265 g/mol. The van der Waals surface area contributed by atoms with E-state index in [4.69, 9.17) is 0 Å². The van der Waals surface area contributed by atoms with Crippen LogP contribution in [-0.2, 0) is 4.79 Å². The standard InChI is InChI=1S/C9H10F3N3O3/c10-9(11,12)7(16)15-3-1-2-5(4-15)6-13-8(17)18-14-6/h5H,1-4H2,(H,13,14,17). The predicted molar refractivity (Wildman–Crippen MR) is 51.7 cm³/mol. The van der Waals surface area contributed by atoms with Gasteiger partial charge >= 0.3 is 17.8 Å². The summed E-state index contributed by atoms with van der Waals surface area (Å²) in [7, 11) is 0. The minimum atomic E-state index is -4.88. The van der Waals surface area contributed by atoms with E-state index in [-0.39, 0.29) is 18.9 Å². The van der Waals surface area contributed by atoms with Crippen molar-refractivity contribution < 1.29 is 22.5 Å². The Morgan fingerprint density at radius 3 is 2.78 bits per heavy atom. The molecule has 6 nitrogen and oxygen atoms in total. The topological polar surface area (TPSA) is 79.2 Å². The van der Waals surface area contributed by atoms with Crippen LogP contribution in [0, 0.1) is 0 Å². The fourth-order valence-corrected chi connectivity index (χ4v) is 1.98. The van der Waals surface area contributed by atoms with Crippen LogP contribution in [0.25, 0.3) is 0 Å². The third-order valence-electron chi connectivity index (χ3n) is 2.79. The molecule has 0 radical (unpaired) electrons. The quantitative estimate of drug-likeness (QED) is 0.807. The van der Waals surface area contributed by atoms with Gasteiger partial charge in [-0.15, -0.1) is 0 Å². The zero-order valence-electron chi connectivity index (χ0n) is 9.16. The smallest absolute Gasteiger partial charge is 0.334 e. The number of carbonyl (C=O) groups excluding carboxylic acids is 1. The normalized spacial score (nSPS) is 21.1. The number of likely N-dealkylation sites (tertiary alicyclic amines) is 1. The third kappa shape index (κ3) is 2.54. The molecule has 1 aromatic rings. The molecule has 2 rings (SSSR count). The molecule has 1 amide bonds. The van der Waals surface area contributed by atoms with Crippen molar-refractivity contribution in [2.45, 2.75) is 24.9 Å². The summed E-state index contributed by atoms with van der Waals surface area (Å²) in [6.45, 7) is -0.0717. The van der Waals surface area contributed by atoms with Gasteiger partial charge in [-0.3, -0.25) is 14.3 Å². The Kier molecular flexibility index (Phi) is 3.14. The summed E-state index contributed by atoms with van der Waals surface area (Å²) < 4.78 is 41.1. The molecular weight excluding hydrogens is 255 g/mol. The van der Waals surface area contributed by atoms with Crippen molar-refractivity contribution in [1.29, 1.82) is 0 Å². The summed E-state index contributed by atoms with van der Waals surface area (Å²) in [4.78, 5) is 24.9. The van der Waals surface area contributed by atoms with Crippen molar-refractivity contribution in [3.63, 3.8) is 0 Å². The molecule has 1 atom stereocenters. The maximum absolute atomic E-state index is 12.3. The van der Waals surface area contributed by atoms with Crippen LogP contribution < -0.4 is 5.76 Å². The lowest BCUT2D eigenvalue weighted by molar-refractivity contribution is -0.186. The number of hydrogen-bond donors (Lipinski definition) is 1. The Balaban J connectivity index is 2.10. The molecule has 0 aromatic carbocycles. The zero-order chi connectivity index (χ0) is 13.3. The lowest BCUT2D eigenvalue weighted by atomic mass is 9.97. The maximum atomic E-state index is 12.3. The number of amides is 1. The van der Waals surface area contributed by atoms with E-state index in [0.717, 1.165) is 4.90 Å². The molecule has 1 aliphatic heterocycles. The molecule has 1 aromatic heterocycles. The Hall–Kier alpha value is -1.80. The number of nitrogens with zero attached hydrogens (tertiary/aromatic N) is 2. The van der Waals surface area contributed by atoms with Crippen molar-refractivity contribution in [1.82, 2.24) is 15.0 Å². The van der Waals surface area contributed by atoms with Gasteiger partial charge in [0.2, 0.25) is 0 Å². The highest BCUT2D eigenvalue weighted by Crippen LogP contribution is 2.27. The molecule has 1 unspecified atom stereocenters. The highest BCUT2D eigenvalue weighted by atomic mass is 19.4. The SMILES string of the molecule is O=C(N1CCCC(c2noc(=O)[nH]2)C1)C(F)(F)F. The van der Waals surface area contributed by atoms with Crippen LogP contribution in [0.4, 0.5) is 13.2 Å². The molecule has 1 saturated heterocycles. The van der Waals surface area contributed by atoms with E-state index in [1.54, 1.807) is 0 Å². The van der Waals surface area contributed by atoms with Gasteiger partial charge in [0, 0.05) is 19.0 Å². The average molecular weight is 265 g/mol. The molecule has 9 heteroatoms. The molecule has 1 fully saturated rings. The molecule has 1 N–H and O–H groups in total. The second-order valence-electron chi connectivity index (χ2n) is 4.07. The Morgan fingerprint density at radius 2 is 2.22 bits per heavy atom. The number of piperidine rings is 1. The highest BCUT2D eigenvalue weighted by Gasteiger charge is 2.44. The van der Waals surface area contributed by atoms with Crippen molar-refractivity contribution in [3.05, 3.63) is 16.4 Å². The van der Waals surface area contributed by atoms with E-state index in [2.05, 4.69) is 14.7 Å². The first kappa shape index (κ1) is 12.7. The second kappa shape index (κ2) is 4.46. The molecule has 2 heterocycles. The summed E-state index contributed by atoms with van der Waals surface area (Å²) in [6, 6.07) is 0. The van der Waals surface area contributed by atoms with Crippen molar-refractivity contribution in [2.75, 3.05) is 13.1 Å². The minimum Gasteiger partial charge on any atom is -0.334 e. The summed E-state index contributed by atoms with van der Waals surface area (Å²) in [5, 5.41) is 3.43. The first-order chi connectivity index (χ1) is 8.38. The fraction of sp³-hybridized carbons (Fsp3) is 0.667. The van der Waals surface area contributed by atoms with Crippen LogP contribution in [0.2, 0.25) is 0 Å². The van der Waals surface area contributed by atoms with Crippen molar-refractivity contribution in [2.24, 2.45) is 0 Å². The van der Waals surface area contributed by atoms with Crippen LogP contribution in [0.15, 0.2) is 9.32 Å². The van der Waals surface area contributed by atoms with Crippen LogP contribution in [-0.4, -0.2) is 40.2 Å². The van der Waals surface area contributed by atoms with Crippen LogP contribution >= 0.6 is 0 Å². The third-order valence-corrected chi connectivity index (χ3v) is 2.79. The van der Waals surface area contributed by atoms with E-state index in [1.165, 1.54) is 0 Å². The number of alkyl halides is 3. The summed E-state index contributed by atoms with van der Waals surface area (Å²) in [5.41, 5.74) is 0. The fourth-order valence-electron chi connectivity index (χ4n) is 1.98. The zero-order valence-corrected chi connectivity index (χ0v) is 9.16. The average Bonchev–Trinajstić information content (AvgIpc) is 2.74. The molecule has 0 aliphatic carbocycles. The van der Waals surface area contributed by atoms with E-state index in [1.807, 2.05) is 0 Å². The van der Waals surface area contributed by atoms with Gasteiger partial charge in [-0.05, 0) is 12.8 Å². The predicted octanol–water partition coefficient (Wildman–Crippen LogP) is 0.631. The molecule has 1 aliphatic rings. The summed E-state index contributed by atoms with van der Waals surface area (Å²) in [5.74, 6) is -2.88. The van der Waals surface area contributed by atoms with Crippen LogP contribution in [0.3, 0.4) is 0 Å². The Labute approximate surface area is 98.7 Å². The number of H-pyrrole nitrogens is 1. The maximum Gasteiger partial charge on any atom is 0.471 e. The number of nitrogens with one attached hydrogen (secondary N) is 1. The molecule has 0 spiro atoms. The lowest BCUT2D eigenvalue weighted by Gasteiger charge is -2.31. The second-order valence-corrected chi connectivity index (χ2v) is 4.07. The first-order valence-electron chi connectivity index (χ1n) is 5.30. The highest BCUT2D eigenvalue weighted by molar-refractivity contribution is 5.82. The number of carbonyl (C=O) groups is 1. The van der Waals surface area contributed by atoms with Crippen LogP contribution in [0.1, 0.15) is 24.6 Å². The summed E-state index contributed by atoms with van der Waals surface area (Å²) >= 11 is 0. The number of hydrogen-bond acceptors (Lipinski definition) is 4. The van der Waals surface area contributed by atoms with E-state index in [0.29, 0.717) is 12.8 Å². The van der Waals surface area contributed by atoms with Gasteiger partial charge < -0.3 is 4.90 Å². The molecular formula is C9H10F3N3O3. The number of aromatic nitrogens is 2. The van der Waals surface area contributed by atoms with Crippen molar-refractivity contribution in [3.8, 4) is 0 Å². The van der Waals surface area contributed by atoms with Crippen LogP contribution in [0.5, 0.6) is 0 Å². The van der Waals surface area contributed by atoms with E-state index < -0.39 is 23.8 Å². The van der Waals surface area contributed by atoms with Gasteiger partial charge in [-0.2, -0.15) is 13.2 Å². The molecule has 100 valence electrons. The van der Waals surface area contributed by atoms with Crippen molar-refractivity contribution >= 4 is 5.91 Å². The van der Waals surface area contributed by atoms with E-state index >= 15 is 0 Å². The molecule has 18 heavy (non-hydrogen) atoms. The largest absolute Gasteiger partial charge is 0.471 e. The van der Waals surface area contributed by atoms with Gasteiger partial charge in [0.25, 0.3) is 0 Å². The van der Waals surface area contributed by atoms with Gasteiger partial charge in [0.15, 0.2) is 5.82 Å². The van der Waals surface area contributed by atoms with Gasteiger partial charge in [0.05, 0.1) is 0 Å². The molecule has 0 saturated carbocycles. The summed E-state index contributed by atoms with van der Waals surface area (Å²) in [6.07, 6.45) is -3.91. The Bertz CT molecular complexity index is 493. The minimum absolute atomic E-state index is 0.0525. The molecule has 0 bridgehead atoms. The van der Waals surface area contributed by atoms with Gasteiger partial charge in [0.1, 0.15) is 0 Å². The Morgan fingerprint density at radius 1 is 1.50 bits per heavy atom. The van der Waals surface area contributed by atoms with E-state index in [9.17, 15) is 22.8 Å². The number of rotatable bonds is 1.